The molecule has 8 heteroatoms. The molecular formula is C20H19F3N3O2+. The number of quaternary nitrogens is 1. The number of likely N-dealkylation sites (N-methyl/N-ethyl adjacent to an activating group) is 1. The number of hydrogen-bond acceptors (Lipinski definition) is 2. The number of nitrogens with one attached hydrogen (secondary N) is 3. The van der Waals surface area contributed by atoms with Gasteiger partial charge in [0.15, 0.2) is 24.0 Å². The molecule has 0 saturated heterocycles. The van der Waals surface area contributed by atoms with E-state index >= 15 is 0 Å². The molecule has 0 fully saturated rings. The molecule has 3 rings (SSSR count). The molecule has 1 aromatic heterocycles. The molecule has 0 bridgehead atoms. The molecule has 1 unspecified atom stereocenters. The quantitative estimate of drug-likeness (QED) is 0.446. The monoisotopic (exact) mass is 390 g/mol. The lowest BCUT2D eigenvalue weighted by Gasteiger charge is -2.14. The smallest absolute Gasteiger partial charge is 0.279 e. The predicted molar refractivity (Wildman–Crippen MR) is 98.9 cm³/mol. The second-order valence-corrected chi connectivity index (χ2v) is 6.68. The summed E-state index contributed by atoms with van der Waals surface area (Å²) in [4.78, 5) is 28.5. The zero-order chi connectivity index (χ0) is 20.4. The third kappa shape index (κ3) is 3.91. The average Bonchev–Trinajstić information content (AvgIpc) is 2.97. The number of fused-ring (bicyclic) bond motifs is 1. The second-order valence-electron chi connectivity index (χ2n) is 6.68. The predicted octanol–water partition coefficient (Wildman–Crippen LogP) is 2.23. The number of anilines is 1. The third-order valence-corrected chi connectivity index (χ3v) is 4.41. The Balaban J connectivity index is 1.66. The van der Waals surface area contributed by atoms with Crippen LogP contribution in [-0.4, -0.2) is 36.8 Å². The minimum absolute atomic E-state index is 0.0381. The van der Waals surface area contributed by atoms with Gasteiger partial charge in [-0.2, -0.15) is 0 Å². The fraction of sp³-hybridized carbons (Fsp3) is 0.200. The van der Waals surface area contributed by atoms with E-state index in [1.165, 1.54) is 0 Å². The van der Waals surface area contributed by atoms with Crippen LogP contribution in [0.25, 0.3) is 10.9 Å². The van der Waals surface area contributed by atoms with Crippen LogP contribution in [0.4, 0.5) is 18.9 Å². The summed E-state index contributed by atoms with van der Waals surface area (Å²) in [7, 11) is 1.64. The zero-order valence-corrected chi connectivity index (χ0v) is 15.3. The highest BCUT2D eigenvalue weighted by Gasteiger charge is 2.22. The van der Waals surface area contributed by atoms with E-state index < -0.39 is 29.0 Å². The Labute approximate surface area is 159 Å². The molecule has 28 heavy (non-hydrogen) atoms. The third-order valence-electron chi connectivity index (χ3n) is 4.41. The van der Waals surface area contributed by atoms with Crippen LogP contribution in [0, 0.1) is 24.4 Å². The summed E-state index contributed by atoms with van der Waals surface area (Å²) in [5.41, 5.74) is 1.72. The Morgan fingerprint density at radius 1 is 1.04 bits per heavy atom. The van der Waals surface area contributed by atoms with Crippen molar-refractivity contribution in [3.8, 4) is 0 Å². The van der Waals surface area contributed by atoms with Crippen LogP contribution in [0.1, 0.15) is 16.1 Å². The molecule has 0 aliphatic carbocycles. The maximum absolute atomic E-state index is 13.7. The van der Waals surface area contributed by atoms with Gasteiger partial charge in [0.1, 0.15) is 6.54 Å². The number of benzene rings is 2. The van der Waals surface area contributed by atoms with Gasteiger partial charge in [-0.1, -0.05) is 18.2 Å². The van der Waals surface area contributed by atoms with E-state index in [1.807, 2.05) is 24.3 Å². The molecule has 146 valence electrons. The molecule has 1 amide bonds. The van der Waals surface area contributed by atoms with Gasteiger partial charge in [-0.25, -0.2) is 13.2 Å². The van der Waals surface area contributed by atoms with Crippen LogP contribution in [0.15, 0.2) is 36.4 Å². The van der Waals surface area contributed by atoms with Crippen LogP contribution in [0.5, 0.6) is 0 Å². The molecule has 0 radical (unpaired) electrons. The number of hydrogen-bond donors (Lipinski definition) is 3. The number of para-hydroxylation sites is 1. The first kappa shape index (κ1) is 19.6. The van der Waals surface area contributed by atoms with E-state index in [0.29, 0.717) is 10.5 Å². The summed E-state index contributed by atoms with van der Waals surface area (Å²) in [5, 5.41) is 3.01. The molecule has 0 aliphatic rings. The number of aryl methyl sites for hydroxylation is 1. The molecule has 0 aliphatic heterocycles. The molecular weight excluding hydrogens is 371 g/mol. The van der Waals surface area contributed by atoms with Crippen LogP contribution < -0.4 is 10.2 Å². The lowest BCUT2D eigenvalue weighted by atomic mass is 10.1. The molecule has 1 atom stereocenters. The van der Waals surface area contributed by atoms with Gasteiger partial charge in [0.05, 0.1) is 18.3 Å². The number of H-pyrrole nitrogens is 1. The summed E-state index contributed by atoms with van der Waals surface area (Å²) in [6.45, 7) is 1.70. The van der Waals surface area contributed by atoms with E-state index in [-0.39, 0.29) is 18.9 Å². The van der Waals surface area contributed by atoms with Crippen LogP contribution in [0.3, 0.4) is 0 Å². The van der Waals surface area contributed by atoms with Gasteiger partial charge in [-0.15, -0.1) is 0 Å². The van der Waals surface area contributed by atoms with E-state index in [2.05, 4.69) is 10.3 Å². The average molecular weight is 390 g/mol. The number of carbonyl (C=O) groups is 2. The Morgan fingerprint density at radius 3 is 2.50 bits per heavy atom. The van der Waals surface area contributed by atoms with Gasteiger partial charge in [-0.3, -0.25) is 9.59 Å². The van der Waals surface area contributed by atoms with Crippen molar-refractivity contribution < 1.29 is 27.7 Å². The summed E-state index contributed by atoms with van der Waals surface area (Å²) >= 11 is 0. The van der Waals surface area contributed by atoms with Crippen molar-refractivity contribution in [2.75, 3.05) is 25.5 Å². The summed E-state index contributed by atoms with van der Waals surface area (Å²) in [6, 6.07) is 9.10. The Kier molecular flexibility index (Phi) is 5.51. The molecule has 5 nitrogen and oxygen atoms in total. The highest BCUT2D eigenvalue weighted by Crippen LogP contribution is 2.22. The topological polar surface area (TPSA) is 66.4 Å². The van der Waals surface area contributed by atoms with E-state index in [9.17, 15) is 22.8 Å². The minimum atomic E-state index is -1.65. The maximum Gasteiger partial charge on any atom is 0.279 e. The van der Waals surface area contributed by atoms with E-state index in [1.54, 1.807) is 14.0 Å². The minimum Gasteiger partial charge on any atom is -0.358 e. The SMILES string of the molecule is Cc1[nH]c2ccccc2c1C(=O)C[NH+](C)CC(=O)Nc1ccc(F)c(F)c1F. The first-order chi connectivity index (χ1) is 13.3. The number of amides is 1. The van der Waals surface area contributed by atoms with Crippen molar-refractivity contribution in [2.45, 2.75) is 6.92 Å². The van der Waals surface area contributed by atoms with Gasteiger partial charge < -0.3 is 15.2 Å². The second kappa shape index (κ2) is 7.85. The number of ketones is 1. The summed E-state index contributed by atoms with van der Waals surface area (Å²) in [6.07, 6.45) is 0. The summed E-state index contributed by atoms with van der Waals surface area (Å²) in [5.74, 6) is -5.21. The van der Waals surface area contributed by atoms with Gasteiger partial charge in [0, 0.05) is 16.6 Å². The highest BCUT2D eigenvalue weighted by molar-refractivity contribution is 6.09. The maximum atomic E-state index is 13.7. The first-order valence-corrected chi connectivity index (χ1v) is 8.63. The summed E-state index contributed by atoms with van der Waals surface area (Å²) < 4.78 is 39.9. The van der Waals surface area contributed by atoms with Crippen molar-refractivity contribution in [1.82, 2.24) is 4.98 Å². The number of aromatic nitrogens is 1. The van der Waals surface area contributed by atoms with Crippen molar-refractivity contribution in [3.05, 3.63) is 65.1 Å². The molecule has 1 heterocycles. The van der Waals surface area contributed by atoms with Crippen molar-refractivity contribution in [3.63, 3.8) is 0 Å². The Morgan fingerprint density at radius 2 is 1.75 bits per heavy atom. The molecule has 0 spiro atoms. The lowest BCUT2D eigenvalue weighted by Crippen LogP contribution is -3.11. The van der Waals surface area contributed by atoms with Crippen molar-refractivity contribution in [2.24, 2.45) is 0 Å². The highest BCUT2D eigenvalue weighted by atomic mass is 19.2. The van der Waals surface area contributed by atoms with Crippen LogP contribution in [-0.2, 0) is 4.79 Å². The largest absolute Gasteiger partial charge is 0.358 e. The van der Waals surface area contributed by atoms with E-state index in [4.69, 9.17) is 0 Å². The van der Waals surface area contributed by atoms with Gasteiger partial charge in [0.2, 0.25) is 5.78 Å². The number of rotatable bonds is 6. The number of aromatic amines is 1. The Hall–Kier alpha value is -3.13. The number of carbonyl (C=O) groups excluding carboxylic acids is 2. The fourth-order valence-corrected chi connectivity index (χ4v) is 3.15. The van der Waals surface area contributed by atoms with Crippen LogP contribution >= 0.6 is 0 Å². The fourth-order valence-electron chi connectivity index (χ4n) is 3.15. The molecule has 2 aromatic carbocycles. The number of halogens is 3. The van der Waals surface area contributed by atoms with Crippen LogP contribution in [0.2, 0.25) is 0 Å². The van der Waals surface area contributed by atoms with Gasteiger partial charge in [-0.05, 0) is 25.1 Å². The zero-order valence-electron chi connectivity index (χ0n) is 15.3. The van der Waals surface area contributed by atoms with Gasteiger partial charge in [0.25, 0.3) is 5.91 Å². The normalized spacial score (nSPS) is 12.2. The standard InChI is InChI=1S/C20H18F3N3O2/c1-11-18(12-5-3-4-6-14(12)24-11)16(27)9-26(2)10-17(28)25-15-8-7-13(21)19(22)20(15)23/h3-8,24H,9-10H2,1-2H3,(H,25,28)/p+1. The Bertz CT molecular complexity index is 1060. The molecule has 0 saturated carbocycles. The molecule has 3 N–H and O–H groups in total. The molecule has 3 aromatic rings. The van der Waals surface area contributed by atoms with E-state index in [0.717, 1.165) is 28.7 Å². The number of Topliss-reactive ketones (excluding diaryl/α,β-unsaturated/α-hetero) is 1. The van der Waals surface area contributed by atoms with Gasteiger partial charge >= 0.3 is 0 Å². The first-order valence-electron chi connectivity index (χ1n) is 8.63. The van der Waals surface area contributed by atoms with Crippen molar-refractivity contribution in [1.29, 1.82) is 0 Å². The van der Waals surface area contributed by atoms with Crippen molar-refractivity contribution >= 4 is 28.3 Å². The lowest BCUT2D eigenvalue weighted by molar-refractivity contribution is -0.861.